The minimum absolute atomic E-state index is 0.0169. The lowest BCUT2D eigenvalue weighted by molar-refractivity contribution is -0.129. The Hall–Kier alpha value is -3.95. The predicted octanol–water partition coefficient (Wildman–Crippen LogP) is 5.00. The van der Waals surface area contributed by atoms with Crippen molar-refractivity contribution in [3.63, 3.8) is 0 Å². The molecule has 1 spiro atoms. The zero-order valence-electron chi connectivity index (χ0n) is 23.3. The Kier molecular flexibility index (Phi) is 7.41. The molecule has 0 radical (unpaired) electrons. The van der Waals surface area contributed by atoms with E-state index in [0.717, 1.165) is 5.56 Å². The lowest BCUT2D eigenvalue weighted by Gasteiger charge is -2.38. The van der Waals surface area contributed by atoms with Crippen molar-refractivity contribution in [2.45, 2.75) is 23.9 Å². The number of Topliss-reactive ketones (excluding diaryl/α,β-unsaturated/α-hetero) is 1. The fourth-order valence-corrected chi connectivity index (χ4v) is 8.64. The normalized spacial score (nSPS) is 30.3. The van der Waals surface area contributed by atoms with Crippen LogP contribution in [0.5, 0.6) is 23.0 Å². The highest BCUT2D eigenvalue weighted by Gasteiger charge is 2.69. The number of thioether (sulfide) groups is 1. The number of nitrogens with zero attached hydrogens (tertiary/aromatic N) is 1. The molecular weight excluding hydrogens is 554 g/mol. The summed E-state index contributed by atoms with van der Waals surface area (Å²) in [5, 5.41) is 31.2. The minimum atomic E-state index is -0.912. The van der Waals surface area contributed by atoms with Gasteiger partial charge in [0.05, 0.1) is 19.8 Å². The predicted molar refractivity (Wildman–Crippen MR) is 161 cm³/mol. The lowest BCUT2D eigenvalue weighted by atomic mass is 9.71. The summed E-state index contributed by atoms with van der Waals surface area (Å²) in [5.41, 5.74) is 0.456. The molecule has 42 heavy (non-hydrogen) atoms. The Morgan fingerprint density at radius 1 is 1.05 bits per heavy atom. The maximum atomic E-state index is 14.4. The first-order valence-corrected chi connectivity index (χ1v) is 15.0. The summed E-state index contributed by atoms with van der Waals surface area (Å²) >= 11 is 1.71. The van der Waals surface area contributed by atoms with E-state index in [-0.39, 0.29) is 52.5 Å². The first-order chi connectivity index (χ1) is 20.3. The second-order valence-electron chi connectivity index (χ2n) is 11.2. The number of carbonyl (C=O) groups excluding carboxylic acids is 2. The molecule has 2 aromatic carbocycles. The van der Waals surface area contributed by atoms with Crippen LogP contribution < -0.4 is 9.47 Å². The standard InChI is InChI=1S/C33H33NO7S/c1-40-28-12-8-19(13-26(28)37)7-10-22(35)15-27(38)30-24-17-42-18-34(24)33(16-21-5-3-4-6-23(21)32(33)39)31(30)20-9-11-25(36)29(14-20)41-2/h3-15,21,23-24,30-31,35-37H,16-18H2,1-2H3/b10-7+,22-15-/t21-,23?,24?,30?,31?,33+/m0/s1. The number of fused-ring (bicyclic) bond motifs is 3. The molecule has 2 saturated heterocycles. The van der Waals surface area contributed by atoms with Gasteiger partial charge in [0.15, 0.2) is 34.6 Å². The van der Waals surface area contributed by atoms with Gasteiger partial charge in [0, 0.05) is 41.5 Å². The number of ether oxygens (including phenoxy) is 2. The third-order valence-electron chi connectivity index (χ3n) is 9.08. The maximum absolute atomic E-state index is 14.4. The van der Waals surface area contributed by atoms with Gasteiger partial charge in [-0.1, -0.05) is 42.5 Å². The van der Waals surface area contributed by atoms with Crippen molar-refractivity contribution >= 4 is 29.4 Å². The van der Waals surface area contributed by atoms with Crippen molar-refractivity contribution in [3.05, 3.63) is 89.7 Å². The van der Waals surface area contributed by atoms with E-state index in [4.69, 9.17) is 9.47 Å². The number of allylic oxidation sites excluding steroid dienone is 6. The number of hydrogen-bond acceptors (Lipinski definition) is 9. The molecule has 0 aromatic heterocycles. The summed E-state index contributed by atoms with van der Waals surface area (Å²) in [4.78, 5) is 30.8. The van der Waals surface area contributed by atoms with Crippen molar-refractivity contribution in [1.29, 1.82) is 0 Å². The van der Waals surface area contributed by atoms with Crippen LogP contribution in [0.15, 0.2) is 78.6 Å². The second kappa shape index (κ2) is 11.0. The molecule has 4 unspecified atom stereocenters. The van der Waals surface area contributed by atoms with E-state index in [1.807, 2.05) is 18.2 Å². The quantitative estimate of drug-likeness (QED) is 0.234. The molecule has 2 aliphatic heterocycles. The van der Waals surface area contributed by atoms with Crippen molar-refractivity contribution in [2.24, 2.45) is 17.8 Å². The topological polar surface area (TPSA) is 117 Å². The number of aromatic hydroxyl groups is 2. The zero-order chi connectivity index (χ0) is 29.6. The van der Waals surface area contributed by atoms with Gasteiger partial charge in [0.25, 0.3) is 0 Å². The van der Waals surface area contributed by atoms with Gasteiger partial charge in [0.1, 0.15) is 5.76 Å². The van der Waals surface area contributed by atoms with Gasteiger partial charge >= 0.3 is 0 Å². The molecule has 2 aromatic rings. The van der Waals surface area contributed by atoms with Crippen LogP contribution >= 0.6 is 11.8 Å². The van der Waals surface area contributed by atoms with Crippen molar-refractivity contribution in [2.75, 3.05) is 25.8 Å². The molecule has 0 bridgehead atoms. The van der Waals surface area contributed by atoms with Crippen molar-refractivity contribution in [3.8, 4) is 23.0 Å². The number of aliphatic hydroxyl groups excluding tert-OH is 1. The van der Waals surface area contributed by atoms with Gasteiger partial charge < -0.3 is 24.8 Å². The van der Waals surface area contributed by atoms with E-state index in [0.29, 0.717) is 29.4 Å². The number of rotatable bonds is 7. The molecule has 4 aliphatic rings. The largest absolute Gasteiger partial charge is 0.508 e. The second-order valence-corrected chi connectivity index (χ2v) is 12.2. The molecule has 9 heteroatoms. The molecule has 218 valence electrons. The molecule has 8 nitrogen and oxygen atoms in total. The number of methoxy groups -OCH3 is 2. The smallest absolute Gasteiger partial charge is 0.164 e. The van der Waals surface area contributed by atoms with E-state index in [1.54, 1.807) is 48.2 Å². The van der Waals surface area contributed by atoms with E-state index >= 15 is 0 Å². The molecule has 6 rings (SSSR count). The highest BCUT2D eigenvalue weighted by molar-refractivity contribution is 7.99. The lowest BCUT2D eigenvalue weighted by Crippen LogP contribution is -2.52. The van der Waals surface area contributed by atoms with Crippen LogP contribution in [0.25, 0.3) is 6.08 Å². The SMILES string of the molecule is COc1ccc(/C=C/C(O)=C/C(=O)C2C3CSCN3[C@]3(C[C@@H]4C=CC=CC4C3=O)C2c2ccc(O)c(OC)c2)cc1O. The number of phenolic OH excluding ortho intramolecular Hbond substituents is 2. The first kappa shape index (κ1) is 28.2. The molecule has 3 N–H and O–H groups in total. The van der Waals surface area contributed by atoms with Crippen molar-refractivity contribution in [1.82, 2.24) is 4.90 Å². The number of phenols is 2. The highest BCUT2D eigenvalue weighted by Crippen LogP contribution is 2.61. The summed E-state index contributed by atoms with van der Waals surface area (Å²) in [6, 6.07) is 9.70. The summed E-state index contributed by atoms with van der Waals surface area (Å²) < 4.78 is 10.5. The van der Waals surface area contributed by atoms with Gasteiger partial charge in [-0.05, 0) is 53.8 Å². The fourth-order valence-electron chi connectivity index (χ4n) is 7.29. The summed E-state index contributed by atoms with van der Waals surface area (Å²) in [7, 11) is 2.94. The molecule has 2 heterocycles. The fraction of sp³-hybridized carbons (Fsp3) is 0.333. The van der Waals surface area contributed by atoms with E-state index in [1.165, 1.54) is 32.4 Å². The van der Waals surface area contributed by atoms with Crippen LogP contribution in [0.4, 0.5) is 0 Å². The Morgan fingerprint density at radius 2 is 1.83 bits per heavy atom. The molecule has 1 saturated carbocycles. The number of aliphatic hydroxyl groups is 1. The zero-order valence-corrected chi connectivity index (χ0v) is 24.2. The van der Waals surface area contributed by atoms with Crippen LogP contribution in [-0.2, 0) is 9.59 Å². The number of carbonyl (C=O) groups is 2. The average molecular weight is 588 g/mol. The van der Waals surface area contributed by atoms with Gasteiger partial charge in [0.2, 0.25) is 0 Å². The average Bonchev–Trinajstić information content (AvgIpc) is 3.65. The Balaban J connectivity index is 1.40. The van der Waals surface area contributed by atoms with Crippen LogP contribution in [-0.4, -0.2) is 69.2 Å². The Labute approximate surface area is 248 Å². The van der Waals surface area contributed by atoms with Crippen LogP contribution in [0.3, 0.4) is 0 Å². The monoisotopic (exact) mass is 587 g/mol. The minimum Gasteiger partial charge on any atom is -0.508 e. The molecular formula is C33H33NO7S. The molecule has 3 fully saturated rings. The molecule has 2 aliphatic carbocycles. The third-order valence-corrected chi connectivity index (χ3v) is 10.1. The van der Waals surface area contributed by atoms with Gasteiger partial charge in [-0.2, -0.15) is 0 Å². The Bertz CT molecular complexity index is 1540. The van der Waals surface area contributed by atoms with Crippen LogP contribution in [0.2, 0.25) is 0 Å². The van der Waals surface area contributed by atoms with Crippen LogP contribution in [0.1, 0.15) is 23.5 Å². The summed E-state index contributed by atoms with van der Waals surface area (Å²) in [6.45, 7) is 0. The van der Waals surface area contributed by atoms with E-state index in [9.17, 15) is 24.9 Å². The van der Waals surface area contributed by atoms with Gasteiger partial charge in [-0.25, -0.2) is 0 Å². The van der Waals surface area contributed by atoms with Gasteiger partial charge in [-0.15, -0.1) is 11.8 Å². The Morgan fingerprint density at radius 3 is 2.57 bits per heavy atom. The van der Waals surface area contributed by atoms with Crippen LogP contribution in [0, 0.1) is 17.8 Å². The van der Waals surface area contributed by atoms with Crippen molar-refractivity contribution < 1.29 is 34.4 Å². The summed E-state index contributed by atoms with van der Waals surface area (Å²) in [6.07, 6.45) is 12.8. The van der Waals surface area contributed by atoms with E-state index < -0.39 is 17.4 Å². The molecule has 6 atom stereocenters. The van der Waals surface area contributed by atoms with Gasteiger partial charge in [-0.3, -0.25) is 14.5 Å². The maximum Gasteiger partial charge on any atom is 0.164 e. The first-order valence-electron chi connectivity index (χ1n) is 13.9. The third kappa shape index (κ3) is 4.51. The number of benzene rings is 2. The summed E-state index contributed by atoms with van der Waals surface area (Å²) in [5.74, 6) is 0.170. The number of hydrogen-bond donors (Lipinski definition) is 3. The number of ketones is 2. The highest BCUT2D eigenvalue weighted by atomic mass is 32.2. The van der Waals surface area contributed by atoms with E-state index in [2.05, 4.69) is 11.0 Å². The molecule has 0 amide bonds.